The van der Waals surface area contributed by atoms with Gasteiger partial charge in [-0.25, -0.2) is 0 Å². The Morgan fingerprint density at radius 1 is 1.44 bits per heavy atom. The lowest BCUT2D eigenvalue weighted by Gasteiger charge is -2.24. The standard InChI is InChI=1S/C13H25NO.CH2O2/c1-10-8-14(9-13(10,5)6)11(15)7-12(2,3)4;2-1-3/h10H,7-9H2,1-6H3;1H,(H,2,3)/t10-;/m1./s1. The van der Waals surface area contributed by atoms with E-state index in [1.165, 1.54) is 0 Å². The zero-order chi connectivity index (χ0) is 14.6. The fourth-order valence-electron chi connectivity index (χ4n) is 2.05. The van der Waals surface area contributed by atoms with Gasteiger partial charge in [-0.3, -0.25) is 9.59 Å². The van der Waals surface area contributed by atoms with Crippen molar-refractivity contribution in [2.24, 2.45) is 16.7 Å². The van der Waals surface area contributed by atoms with Crippen molar-refractivity contribution in [3.8, 4) is 0 Å². The molecule has 0 bridgehead atoms. The second-order valence-electron chi connectivity index (χ2n) is 7.01. The van der Waals surface area contributed by atoms with E-state index in [-0.39, 0.29) is 17.3 Å². The number of likely N-dealkylation sites (tertiary alicyclic amines) is 1. The summed E-state index contributed by atoms with van der Waals surface area (Å²) in [6.45, 7) is 14.7. The Morgan fingerprint density at radius 3 is 2.17 bits per heavy atom. The molecule has 0 aromatic carbocycles. The van der Waals surface area contributed by atoms with Crippen LogP contribution < -0.4 is 0 Å². The lowest BCUT2D eigenvalue weighted by atomic mass is 9.84. The number of carbonyl (C=O) groups excluding carboxylic acids is 1. The van der Waals surface area contributed by atoms with Gasteiger partial charge >= 0.3 is 0 Å². The molecule has 0 radical (unpaired) electrons. The minimum absolute atomic E-state index is 0.104. The third-order valence-corrected chi connectivity index (χ3v) is 3.46. The maximum Gasteiger partial charge on any atom is 0.290 e. The molecule has 1 aliphatic rings. The Balaban J connectivity index is 0.000000873. The quantitative estimate of drug-likeness (QED) is 0.735. The number of nitrogens with zero attached hydrogens (tertiary/aromatic N) is 1. The molecule has 0 saturated carbocycles. The fraction of sp³-hybridized carbons (Fsp3) is 0.857. The van der Waals surface area contributed by atoms with Gasteiger partial charge in [0.15, 0.2) is 0 Å². The van der Waals surface area contributed by atoms with E-state index in [1.807, 2.05) is 4.90 Å². The first-order chi connectivity index (χ1) is 8.03. The topological polar surface area (TPSA) is 57.6 Å². The molecule has 4 nitrogen and oxygen atoms in total. The van der Waals surface area contributed by atoms with E-state index in [2.05, 4.69) is 41.5 Å². The van der Waals surface area contributed by atoms with E-state index in [4.69, 9.17) is 9.90 Å². The van der Waals surface area contributed by atoms with Crippen LogP contribution in [0.3, 0.4) is 0 Å². The van der Waals surface area contributed by atoms with Crippen molar-refractivity contribution < 1.29 is 14.7 Å². The number of carbonyl (C=O) groups is 2. The van der Waals surface area contributed by atoms with Gasteiger partial charge in [0.05, 0.1) is 0 Å². The van der Waals surface area contributed by atoms with Crippen LogP contribution in [0.25, 0.3) is 0 Å². The summed E-state index contributed by atoms with van der Waals surface area (Å²) in [5, 5.41) is 6.89. The van der Waals surface area contributed by atoms with Crippen molar-refractivity contribution >= 4 is 12.4 Å². The zero-order valence-electron chi connectivity index (χ0n) is 12.5. The first-order valence-corrected chi connectivity index (χ1v) is 6.39. The maximum atomic E-state index is 12.0. The van der Waals surface area contributed by atoms with E-state index >= 15 is 0 Å². The minimum Gasteiger partial charge on any atom is -0.483 e. The molecule has 1 saturated heterocycles. The number of rotatable bonds is 1. The molecule has 4 heteroatoms. The first kappa shape index (κ1) is 16.9. The highest BCUT2D eigenvalue weighted by Crippen LogP contribution is 2.35. The average Bonchev–Trinajstić information content (AvgIpc) is 2.40. The molecule has 1 rings (SSSR count). The monoisotopic (exact) mass is 257 g/mol. The Bertz CT molecular complexity index is 292. The van der Waals surface area contributed by atoms with Crippen molar-refractivity contribution in [1.82, 2.24) is 4.90 Å². The molecule has 0 aromatic rings. The summed E-state index contributed by atoms with van der Waals surface area (Å²) in [6.07, 6.45) is 0.662. The molecule has 106 valence electrons. The van der Waals surface area contributed by atoms with Crippen LogP contribution in [0.2, 0.25) is 0 Å². The van der Waals surface area contributed by atoms with Gasteiger partial charge in [-0.15, -0.1) is 0 Å². The Hall–Kier alpha value is -1.06. The highest BCUT2D eigenvalue weighted by Gasteiger charge is 2.38. The van der Waals surface area contributed by atoms with E-state index in [1.54, 1.807) is 0 Å². The van der Waals surface area contributed by atoms with Gasteiger partial charge in [0.1, 0.15) is 0 Å². The summed E-state index contributed by atoms with van der Waals surface area (Å²) in [5.74, 6) is 0.932. The average molecular weight is 257 g/mol. The van der Waals surface area contributed by atoms with Crippen LogP contribution in [-0.4, -0.2) is 35.5 Å². The van der Waals surface area contributed by atoms with E-state index in [0.29, 0.717) is 18.2 Å². The smallest absolute Gasteiger partial charge is 0.290 e. The molecule has 0 aliphatic carbocycles. The van der Waals surface area contributed by atoms with Crippen molar-refractivity contribution in [3.63, 3.8) is 0 Å². The largest absolute Gasteiger partial charge is 0.483 e. The molecule has 1 fully saturated rings. The molecule has 0 aromatic heterocycles. The highest BCUT2D eigenvalue weighted by atomic mass is 16.3. The van der Waals surface area contributed by atoms with Gasteiger partial charge in [-0.1, -0.05) is 41.5 Å². The predicted molar refractivity (Wildman–Crippen MR) is 72.3 cm³/mol. The number of hydrogen-bond acceptors (Lipinski definition) is 2. The summed E-state index contributed by atoms with van der Waals surface area (Å²) in [6, 6.07) is 0. The molecule has 1 heterocycles. The Kier molecular flexibility index (Phi) is 5.84. The zero-order valence-corrected chi connectivity index (χ0v) is 12.5. The van der Waals surface area contributed by atoms with Gasteiger partial charge in [-0.2, -0.15) is 0 Å². The SMILES string of the molecule is C[C@@H]1CN(C(=O)CC(C)(C)C)CC1(C)C.O=CO. The van der Waals surface area contributed by atoms with Gasteiger partial charge in [0.25, 0.3) is 6.47 Å². The molecule has 1 atom stereocenters. The minimum atomic E-state index is -0.250. The first-order valence-electron chi connectivity index (χ1n) is 6.39. The molecular formula is C14H27NO3. The van der Waals surface area contributed by atoms with Crippen LogP contribution in [0.4, 0.5) is 0 Å². The number of amides is 1. The molecule has 0 spiro atoms. The summed E-state index contributed by atoms with van der Waals surface area (Å²) in [7, 11) is 0. The van der Waals surface area contributed by atoms with Gasteiger partial charge in [-0.05, 0) is 16.7 Å². The summed E-state index contributed by atoms with van der Waals surface area (Å²) < 4.78 is 0. The number of hydrogen-bond donors (Lipinski definition) is 1. The predicted octanol–water partition coefficient (Wildman–Crippen LogP) is 2.63. The van der Waals surface area contributed by atoms with Crippen molar-refractivity contribution in [3.05, 3.63) is 0 Å². The molecule has 1 aliphatic heterocycles. The lowest BCUT2D eigenvalue weighted by Crippen LogP contribution is -2.32. The highest BCUT2D eigenvalue weighted by molar-refractivity contribution is 5.77. The number of carboxylic acid groups (broad SMARTS) is 1. The van der Waals surface area contributed by atoms with Gasteiger partial charge in [0, 0.05) is 19.5 Å². The Labute approximate surface area is 110 Å². The molecule has 0 unspecified atom stereocenters. The van der Waals surface area contributed by atoms with Crippen LogP contribution in [0.5, 0.6) is 0 Å². The van der Waals surface area contributed by atoms with Crippen LogP contribution in [0.15, 0.2) is 0 Å². The summed E-state index contributed by atoms with van der Waals surface area (Å²) >= 11 is 0. The Morgan fingerprint density at radius 2 is 1.89 bits per heavy atom. The molecule has 18 heavy (non-hydrogen) atoms. The van der Waals surface area contributed by atoms with Crippen LogP contribution in [0, 0.1) is 16.7 Å². The van der Waals surface area contributed by atoms with Crippen molar-refractivity contribution in [1.29, 1.82) is 0 Å². The second-order valence-corrected chi connectivity index (χ2v) is 7.01. The van der Waals surface area contributed by atoms with E-state index in [0.717, 1.165) is 13.1 Å². The van der Waals surface area contributed by atoms with Crippen molar-refractivity contribution in [2.75, 3.05) is 13.1 Å². The molecular weight excluding hydrogens is 230 g/mol. The van der Waals surface area contributed by atoms with Crippen molar-refractivity contribution in [2.45, 2.75) is 48.0 Å². The molecule has 1 N–H and O–H groups in total. The van der Waals surface area contributed by atoms with Crippen LogP contribution in [-0.2, 0) is 9.59 Å². The lowest BCUT2D eigenvalue weighted by molar-refractivity contribution is -0.132. The second kappa shape index (κ2) is 6.21. The van der Waals surface area contributed by atoms with Gasteiger partial charge < -0.3 is 10.0 Å². The summed E-state index contributed by atoms with van der Waals surface area (Å²) in [4.78, 5) is 22.4. The van der Waals surface area contributed by atoms with Gasteiger partial charge in [0.2, 0.25) is 5.91 Å². The van der Waals surface area contributed by atoms with E-state index in [9.17, 15) is 4.79 Å². The normalized spacial score (nSPS) is 22.1. The maximum absolute atomic E-state index is 12.0. The van der Waals surface area contributed by atoms with E-state index < -0.39 is 0 Å². The van der Waals surface area contributed by atoms with Crippen LogP contribution in [0.1, 0.15) is 48.0 Å². The third kappa shape index (κ3) is 5.52. The fourth-order valence-corrected chi connectivity index (χ4v) is 2.05. The third-order valence-electron chi connectivity index (χ3n) is 3.46. The molecule has 1 amide bonds. The summed E-state index contributed by atoms with van der Waals surface area (Å²) in [5.41, 5.74) is 0.389. The van der Waals surface area contributed by atoms with Crippen LogP contribution >= 0.6 is 0 Å².